The number of hydrogen-bond donors (Lipinski definition) is 0. The first-order valence-corrected chi connectivity index (χ1v) is 6.18. The third-order valence-electron chi connectivity index (χ3n) is 2.89. The molecule has 1 heteroatoms. The van der Waals surface area contributed by atoms with E-state index in [9.17, 15) is 0 Å². The summed E-state index contributed by atoms with van der Waals surface area (Å²) in [6.07, 6.45) is 2.02. The topological polar surface area (TPSA) is 9.23 Å². The Morgan fingerprint density at radius 1 is 0.882 bits per heavy atom. The fraction of sp³-hybridized carbons (Fsp3) is 0.250. The van der Waals surface area contributed by atoms with Crippen molar-refractivity contribution in [1.29, 1.82) is 0 Å². The Morgan fingerprint density at radius 2 is 1.71 bits per heavy atom. The summed E-state index contributed by atoms with van der Waals surface area (Å²) in [6.45, 7) is 4.30. The van der Waals surface area contributed by atoms with Gasteiger partial charge in [-0.05, 0) is 42.2 Å². The van der Waals surface area contributed by atoms with Gasteiger partial charge in [-0.2, -0.15) is 0 Å². The summed E-state index contributed by atoms with van der Waals surface area (Å²) in [5, 5.41) is 0. The van der Waals surface area contributed by atoms with E-state index in [0.29, 0.717) is 0 Å². The second-order valence-corrected chi connectivity index (χ2v) is 4.06. The molecule has 0 N–H and O–H groups in total. The average molecular weight is 226 g/mol. The second-order valence-electron chi connectivity index (χ2n) is 4.06. The minimum absolute atomic E-state index is 0.922. The summed E-state index contributed by atoms with van der Waals surface area (Å²) in [5.41, 5.74) is 2.55. The highest BCUT2D eigenvalue weighted by molar-refractivity contribution is 5.38. The van der Waals surface area contributed by atoms with Crippen LogP contribution in [0.3, 0.4) is 0 Å². The maximum atomic E-state index is 5.94. The molecule has 0 bridgehead atoms. The summed E-state index contributed by atoms with van der Waals surface area (Å²) in [6, 6.07) is 16.5. The molecule has 0 heterocycles. The van der Waals surface area contributed by atoms with Gasteiger partial charge in [0.25, 0.3) is 0 Å². The third kappa shape index (κ3) is 2.88. The van der Waals surface area contributed by atoms with E-state index in [1.807, 2.05) is 30.3 Å². The number of aryl methyl sites for hydroxylation is 2. The number of rotatable bonds is 4. The lowest BCUT2D eigenvalue weighted by molar-refractivity contribution is 0.476. The smallest absolute Gasteiger partial charge is 0.130 e. The summed E-state index contributed by atoms with van der Waals surface area (Å²) in [7, 11) is 0. The van der Waals surface area contributed by atoms with Crippen molar-refractivity contribution < 1.29 is 4.74 Å². The van der Waals surface area contributed by atoms with Gasteiger partial charge in [-0.3, -0.25) is 0 Å². The van der Waals surface area contributed by atoms with E-state index in [-0.39, 0.29) is 0 Å². The molecule has 0 aliphatic heterocycles. The van der Waals surface area contributed by atoms with Gasteiger partial charge in [0.05, 0.1) is 0 Å². The molecule has 88 valence electrons. The van der Waals surface area contributed by atoms with Gasteiger partial charge < -0.3 is 4.74 Å². The van der Waals surface area contributed by atoms with Crippen molar-refractivity contribution in [2.24, 2.45) is 0 Å². The summed E-state index contributed by atoms with van der Waals surface area (Å²) < 4.78 is 5.94. The van der Waals surface area contributed by atoms with Crippen LogP contribution in [-0.2, 0) is 12.8 Å². The molecule has 0 atom stereocenters. The van der Waals surface area contributed by atoms with E-state index < -0.39 is 0 Å². The number of hydrogen-bond acceptors (Lipinski definition) is 1. The second kappa shape index (κ2) is 5.53. The zero-order valence-corrected chi connectivity index (χ0v) is 10.4. The van der Waals surface area contributed by atoms with Crippen LogP contribution in [0, 0.1) is 0 Å². The molecule has 0 aliphatic rings. The van der Waals surface area contributed by atoms with Gasteiger partial charge in [-0.1, -0.05) is 44.2 Å². The van der Waals surface area contributed by atoms with Crippen molar-refractivity contribution in [1.82, 2.24) is 0 Å². The minimum atomic E-state index is 0.922. The standard InChI is InChI=1S/C16H18O/c1-3-13-8-7-10-15(12-13)17-16-11-6-5-9-14(16)4-2/h5-12H,3-4H2,1-2H3. The molecule has 1 nitrogen and oxygen atoms in total. The molecule has 0 spiro atoms. The Bertz CT molecular complexity index is 488. The molecule has 0 fully saturated rings. The lowest BCUT2D eigenvalue weighted by Gasteiger charge is -2.10. The fourth-order valence-electron chi connectivity index (χ4n) is 1.85. The number of para-hydroxylation sites is 1. The normalized spacial score (nSPS) is 10.2. The molecule has 0 amide bonds. The van der Waals surface area contributed by atoms with Crippen molar-refractivity contribution in [3.8, 4) is 11.5 Å². The lowest BCUT2D eigenvalue weighted by Crippen LogP contribution is -1.90. The van der Waals surface area contributed by atoms with Gasteiger partial charge in [-0.15, -0.1) is 0 Å². The van der Waals surface area contributed by atoms with E-state index in [4.69, 9.17) is 4.74 Å². The van der Waals surface area contributed by atoms with Crippen LogP contribution in [0.15, 0.2) is 48.5 Å². The van der Waals surface area contributed by atoms with Crippen LogP contribution in [-0.4, -0.2) is 0 Å². The molecular weight excluding hydrogens is 208 g/mol. The fourth-order valence-corrected chi connectivity index (χ4v) is 1.85. The van der Waals surface area contributed by atoms with Crippen molar-refractivity contribution in [3.05, 3.63) is 59.7 Å². The van der Waals surface area contributed by atoms with Gasteiger partial charge in [-0.25, -0.2) is 0 Å². The average Bonchev–Trinajstić information content (AvgIpc) is 2.39. The van der Waals surface area contributed by atoms with E-state index in [1.165, 1.54) is 11.1 Å². The quantitative estimate of drug-likeness (QED) is 0.740. The number of benzene rings is 2. The highest BCUT2D eigenvalue weighted by atomic mass is 16.5. The van der Waals surface area contributed by atoms with Gasteiger partial charge in [0.1, 0.15) is 11.5 Å². The molecule has 0 aromatic heterocycles. The largest absolute Gasteiger partial charge is 0.457 e. The Labute approximate surface area is 103 Å². The highest BCUT2D eigenvalue weighted by Crippen LogP contribution is 2.26. The molecule has 0 saturated carbocycles. The van der Waals surface area contributed by atoms with Crippen LogP contribution in [0.5, 0.6) is 11.5 Å². The van der Waals surface area contributed by atoms with E-state index >= 15 is 0 Å². The lowest BCUT2D eigenvalue weighted by atomic mass is 10.1. The first-order chi connectivity index (χ1) is 8.33. The Hall–Kier alpha value is -1.76. The first kappa shape index (κ1) is 11.7. The maximum absolute atomic E-state index is 5.94. The van der Waals surface area contributed by atoms with Gasteiger partial charge >= 0.3 is 0 Å². The predicted octanol–water partition coefficient (Wildman–Crippen LogP) is 4.60. The molecule has 17 heavy (non-hydrogen) atoms. The van der Waals surface area contributed by atoms with E-state index in [0.717, 1.165) is 24.3 Å². The van der Waals surface area contributed by atoms with Crippen molar-refractivity contribution >= 4 is 0 Å². The molecule has 2 aromatic rings. The minimum Gasteiger partial charge on any atom is -0.457 e. The summed E-state index contributed by atoms with van der Waals surface area (Å²) >= 11 is 0. The maximum Gasteiger partial charge on any atom is 0.130 e. The van der Waals surface area contributed by atoms with Crippen molar-refractivity contribution in [2.75, 3.05) is 0 Å². The van der Waals surface area contributed by atoms with E-state index in [1.54, 1.807) is 0 Å². The molecule has 2 aromatic carbocycles. The third-order valence-corrected chi connectivity index (χ3v) is 2.89. The zero-order valence-electron chi connectivity index (χ0n) is 10.4. The van der Waals surface area contributed by atoms with Crippen LogP contribution in [0.25, 0.3) is 0 Å². The SMILES string of the molecule is CCc1cccc(Oc2ccccc2CC)c1. The van der Waals surface area contributed by atoms with Crippen LogP contribution < -0.4 is 4.74 Å². The monoisotopic (exact) mass is 226 g/mol. The molecule has 0 unspecified atom stereocenters. The molecular formula is C16H18O. The Morgan fingerprint density at radius 3 is 2.47 bits per heavy atom. The number of ether oxygens (including phenoxy) is 1. The molecule has 0 saturated heterocycles. The Balaban J connectivity index is 2.24. The summed E-state index contributed by atoms with van der Waals surface area (Å²) in [4.78, 5) is 0. The van der Waals surface area contributed by atoms with Crippen molar-refractivity contribution in [3.63, 3.8) is 0 Å². The van der Waals surface area contributed by atoms with E-state index in [2.05, 4.69) is 32.0 Å². The molecule has 0 aliphatic carbocycles. The van der Waals surface area contributed by atoms with Crippen LogP contribution in [0.2, 0.25) is 0 Å². The van der Waals surface area contributed by atoms with Gasteiger partial charge in [0.2, 0.25) is 0 Å². The van der Waals surface area contributed by atoms with Crippen LogP contribution in [0.1, 0.15) is 25.0 Å². The predicted molar refractivity (Wildman–Crippen MR) is 71.7 cm³/mol. The van der Waals surface area contributed by atoms with Gasteiger partial charge in [0.15, 0.2) is 0 Å². The first-order valence-electron chi connectivity index (χ1n) is 6.18. The van der Waals surface area contributed by atoms with Gasteiger partial charge in [0, 0.05) is 0 Å². The van der Waals surface area contributed by atoms with Crippen LogP contribution in [0.4, 0.5) is 0 Å². The highest BCUT2D eigenvalue weighted by Gasteiger charge is 2.02. The van der Waals surface area contributed by atoms with Crippen molar-refractivity contribution in [2.45, 2.75) is 26.7 Å². The molecule has 2 rings (SSSR count). The summed E-state index contributed by atoms with van der Waals surface area (Å²) in [5.74, 6) is 1.88. The molecule has 0 radical (unpaired) electrons. The zero-order chi connectivity index (χ0) is 12.1. The Kier molecular flexibility index (Phi) is 3.81. The van der Waals surface area contributed by atoms with Crippen LogP contribution >= 0.6 is 0 Å².